The van der Waals surface area contributed by atoms with E-state index in [1.807, 2.05) is 0 Å². The fourth-order valence-corrected chi connectivity index (χ4v) is 3.60. The second kappa shape index (κ2) is 19.1. The molecule has 0 aromatic heterocycles. The van der Waals surface area contributed by atoms with Crippen LogP contribution < -0.4 is 38.9 Å². The molecular formula is C21H40N8O7S. The Bertz CT molecular complexity index is 795. The molecule has 0 aromatic rings. The third kappa shape index (κ3) is 15.6. The number of guanidine groups is 1. The van der Waals surface area contributed by atoms with Crippen LogP contribution in [0.1, 0.15) is 44.9 Å². The molecule has 16 heteroatoms. The number of unbranched alkanes of at least 4 members (excludes halogenated alkanes) is 1. The molecule has 0 aromatic carbocycles. The van der Waals surface area contributed by atoms with Crippen molar-refractivity contribution < 1.29 is 34.2 Å². The molecule has 4 unspecified atom stereocenters. The third-order valence-electron chi connectivity index (χ3n) is 5.11. The number of hydrogen-bond donors (Lipinski definition) is 9. The smallest absolute Gasteiger partial charge is 0.326 e. The molecule has 212 valence electrons. The highest BCUT2D eigenvalue weighted by molar-refractivity contribution is 7.98. The number of carboxylic acid groups (broad SMARTS) is 2. The lowest BCUT2D eigenvalue weighted by Gasteiger charge is -2.25. The Hall–Kier alpha value is -3.11. The predicted molar refractivity (Wildman–Crippen MR) is 139 cm³/mol. The molecule has 0 heterocycles. The van der Waals surface area contributed by atoms with Gasteiger partial charge < -0.3 is 49.1 Å². The van der Waals surface area contributed by atoms with Gasteiger partial charge in [-0.05, 0) is 57.1 Å². The fourth-order valence-electron chi connectivity index (χ4n) is 3.13. The Kier molecular flexibility index (Phi) is 17.5. The third-order valence-corrected chi connectivity index (χ3v) is 5.76. The van der Waals surface area contributed by atoms with Crippen molar-refractivity contribution in [3.8, 4) is 0 Å². The Morgan fingerprint density at radius 1 is 0.838 bits per heavy atom. The lowest BCUT2D eigenvalue weighted by molar-refractivity contribution is -0.142. The van der Waals surface area contributed by atoms with Crippen LogP contribution in [-0.2, 0) is 24.0 Å². The summed E-state index contributed by atoms with van der Waals surface area (Å²) in [4.78, 5) is 64.5. The highest BCUT2D eigenvalue weighted by atomic mass is 32.2. The summed E-state index contributed by atoms with van der Waals surface area (Å²) in [5.41, 5.74) is 21.6. The Labute approximate surface area is 219 Å². The van der Waals surface area contributed by atoms with Crippen molar-refractivity contribution in [2.24, 2.45) is 27.9 Å². The quantitative estimate of drug-likeness (QED) is 0.0425. The van der Waals surface area contributed by atoms with Crippen LogP contribution in [0, 0.1) is 0 Å². The topological polar surface area (TPSA) is 278 Å². The van der Waals surface area contributed by atoms with Crippen molar-refractivity contribution in [2.75, 3.05) is 25.1 Å². The second-order valence-corrected chi connectivity index (χ2v) is 9.23. The van der Waals surface area contributed by atoms with Gasteiger partial charge in [-0.3, -0.25) is 24.2 Å². The number of carbonyl (C=O) groups is 5. The first-order valence-corrected chi connectivity index (χ1v) is 13.2. The van der Waals surface area contributed by atoms with Crippen molar-refractivity contribution in [2.45, 2.75) is 69.1 Å². The summed E-state index contributed by atoms with van der Waals surface area (Å²) in [5, 5.41) is 25.8. The molecule has 0 radical (unpaired) electrons. The summed E-state index contributed by atoms with van der Waals surface area (Å²) in [6, 6.07) is -4.78. The molecule has 0 fully saturated rings. The zero-order valence-electron chi connectivity index (χ0n) is 21.0. The molecule has 0 rings (SSSR count). The highest BCUT2D eigenvalue weighted by Gasteiger charge is 2.30. The lowest BCUT2D eigenvalue weighted by Crippen LogP contribution is -2.57. The molecule has 0 saturated heterocycles. The average Bonchev–Trinajstić information content (AvgIpc) is 2.81. The van der Waals surface area contributed by atoms with Crippen LogP contribution in [0.4, 0.5) is 0 Å². The molecule has 0 aliphatic heterocycles. The number of carbonyl (C=O) groups excluding carboxylic acids is 3. The summed E-state index contributed by atoms with van der Waals surface area (Å²) in [7, 11) is 0. The molecule has 4 atom stereocenters. The minimum Gasteiger partial charge on any atom is -0.481 e. The maximum absolute atomic E-state index is 13.0. The van der Waals surface area contributed by atoms with E-state index < -0.39 is 60.2 Å². The molecule has 0 bridgehead atoms. The van der Waals surface area contributed by atoms with Crippen LogP contribution in [0.2, 0.25) is 0 Å². The summed E-state index contributed by atoms with van der Waals surface area (Å²) in [5.74, 6) is -4.40. The second-order valence-electron chi connectivity index (χ2n) is 8.24. The number of aliphatic imine (C=N–C) groups is 1. The Morgan fingerprint density at radius 3 is 1.89 bits per heavy atom. The molecule has 3 amide bonds. The van der Waals surface area contributed by atoms with E-state index in [1.165, 1.54) is 11.8 Å². The average molecular weight is 549 g/mol. The van der Waals surface area contributed by atoms with E-state index in [1.54, 1.807) is 6.26 Å². The van der Waals surface area contributed by atoms with Crippen LogP contribution in [0.25, 0.3) is 0 Å². The van der Waals surface area contributed by atoms with Crippen molar-refractivity contribution in [1.82, 2.24) is 16.0 Å². The molecule has 13 N–H and O–H groups in total. The molecule has 0 aliphatic carbocycles. The lowest BCUT2D eigenvalue weighted by atomic mass is 10.1. The van der Waals surface area contributed by atoms with Crippen molar-refractivity contribution in [3.05, 3.63) is 0 Å². The van der Waals surface area contributed by atoms with Crippen LogP contribution in [-0.4, -0.2) is 95.1 Å². The van der Waals surface area contributed by atoms with E-state index in [4.69, 9.17) is 28.0 Å². The first-order valence-electron chi connectivity index (χ1n) is 11.8. The minimum absolute atomic E-state index is 0.0558. The van der Waals surface area contributed by atoms with Crippen molar-refractivity contribution in [1.29, 1.82) is 0 Å². The van der Waals surface area contributed by atoms with Crippen LogP contribution in [0.15, 0.2) is 4.99 Å². The first-order chi connectivity index (χ1) is 17.4. The van der Waals surface area contributed by atoms with E-state index in [9.17, 15) is 29.1 Å². The number of nitrogens with two attached hydrogens (primary N) is 4. The summed E-state index contributed by atoms with van der Waals surface area (Å²) >= 11 is 1.42. The van der Waals surface area contributed by atoms with Gasteiger partial charge in [0, 0.05) is 6.54 Å². The standard InChI is InChI=1S/C21H40N8O7S/c1-37-10-7-14(19(34)29-15(20(35)36)6-4-9-26-21(24)25)28-18(33)13(5-2-3-8-22)27-17(32)12(23)11-16(30)31/h12-15H,2-11,22-23H2,1H3,(H,27,32)(H,28,33)(H,29,34)(H,30,31)(H,35,36)(H4,24,25,26). The zero-order chi connectivity index (χ0) is 28.4. The number of hydrogen-bond acceptors (Lipinski definition) is 9. The van der Waals surface area contributed by atoms with Gasteiger partial charge in [0.25, 0.3) is 0 Å². The van der Waals surface area contributed by atoms with Gasteiger partial charge in [-0.2, -0.15) is 11.8 Å². The van der Waals surface area contributed by atoms with Crippen molar-refractivity contribution >= 4 is 47.4 Å². The van der Waals surface area contributed by atoms with Gasteiger partial charge in [-0.1, -0.05) is 0 Å². The van der Waals surface area contributed by atoms with Gasteiger partial charge in [-0.15, -0.1) is 0 Å². The van der Waals surface area contributed by atoms with Crippen molar-refractivity contribution in [3.63, 3.8) is 0 Å². The van der Waals surface area contributed by atoms with Crippen LogP contribution >= 0.6 is 11.8 Å². The normalized spacial score (nSPS) is 13.9. The van der Waals surface area contributed by atoms with E-state index in [0.717, 1.165) is 0 Å². The van der Waals surface area contributed by atoms with Crippen LogP contribution in [0.3, 0.4) is 0 Å². The minimum atomic E-state index is -1.37. The summed E-state index contributed by atoms with van der Waals surface area (Å²) < 4.78 is 0. The SMILES string of the molecule is CSCCC(NC(=O)C(CCCCN)NC(=O)C(N)CC(=O)O)C(=O)NC(CCCN=C(N)N)C(=O)O. The molecule has 0 spiro atoms. The number of carboxylic acids is 2. The molecule has 15 nitrogen and oxygen atoms in total. The number of aliphatic carboxylic acids is 2. The van der Waals surface area contributed by atoms with E-state index in [-0.39, 0.29) is 31.8 Å². The summed E-state index contributed by atoms with van der Waals surface area (Å²) in [6.45, 7) is 0.544. The number of nitrogens with one attached hydrogen (secondary N) is 3. The van der Waals surface area contributed by atoms with E-state index >= 15 is 0 Å². The zero-order valence-corrected chi connectivity index (χ0v) is 21.8. The first kappa shape index (κ1) is 33.9. The molecular weight excluding hydrogens is 508 g/mol. The highest BCUT2D eigenvalue weighted by Crippen LogP contribution is 2.07. The number of thioether (sulfide) groups is 1. The van der Waals surface area contributed by atoms with Gasteiger partial charge >= 0.3 is 11.9 Å². The predicted octanol–water partition coefficient (Wildman–Crippen LogP) is -2.74. The van der Waals surface area contributed by atoms with Gasteiger partial charge in [0.1, 0.15) is 18.1 Å². The summed E-state index contributed by atoms with van der Waals surface area (Å²) in [6.07, 6.45) is 2.94. The van der Waals surface area contributed by atoms with Gasteiger partial charge in [0.15, 0.2) is 5.96 Å². The molecule has 37 heavy (non-hydrogen) atoms. The van der Waals surface area contributed by atoms with E-state index in [0.29, 0.717) is 31.6 Å². The largest absolute Gasteiger partial charge is 0.481 e. The van der Waals surface area contributed by atoms with Gasteiger partial charge in [0.2, 0.25) is 17.7 Å². The fraction of sp³-hybridized carbons (Fsp3) is 0.714. The molecule has 0 aliphatic rings. The number of rotatable bonds is 20. The number of amides is 3. The van der Waals surface area contributed by atoms with Gasteiger partial charge in [-0.25, -0.2) is 4.79 Å². The Morgan fingerprint density at radius 2 is 1.38 bits per heavy atom. The van der Waals surface area contributed by atoms with Crippen LogP contribution in [0.5, 0.6) is 0 Å². The molecule has 0 saturated carbocycles. The van der Waals surface area contributed by atoms with E-state index in [2.05, 4.69) is 20.9 Å². The maximum atomic E-state index is 13.0. The van der Waals surface area contributed by atoms with Gasteiger partial charge in [0.05, 0.1) is 12.5 Å². The maximum Gasteiger partial charge on any atom is 0.326 e. The Balaban J connectivity index is 5.45. The monoisotopic (exact) mass is 548 g/mol. The number of nitrogens with zero attached hydrogens (tertiary/aromatic N) is 1.